The number of hydrogen-bond donors (Lipinski definition) is 2. The second-order valence-electron chi connectivity index (χ2n) is 7.23. The number of nitrogens with zero attached hydrogens (tertiary/aromatic N) is 1. The van der Waals surface area contributed by atoms with Crippen molar-refractivity contribution in [1.29, 1.82) is 0 Å². The van der Waals surface area contributed by atoms with E-state index in [2.05, 4.69) is 16.6 Å². The van der Waals surface area contributed by atoms with Crippen LogP contribution in [0, 0.1) is 0 Å². The lowest BCUT2D eigenvalue weighted by atomic mass is 10.1. The monoisotopic (exact) mass is 516 g/mol. The van der Waals surface area contributed by atoms with Gasteiger partial charge < -0.3 is 19.9 Å². The Morgan fingerprint density at radius 3 is 2.63 bits per heavy atom. The topological polar surface area (TPSA) is 122 Å². The molecule has 3 rings (SSSR count). The fourth-order valence-electron chi connectivity index (χ4n) is 3.24. The lowest BCUT2D eigenvalue weighted by Crippen LogP contribution is -2.36. The van der Waals surface area contributed by atoms with E-state index >= 15 is 0 Å². The molecule has 182 valence electrons. The molecule has 0 radical (unpaired) electrons. The van der Waals surface area contributed by atoms with Gasteiger partial charge in [-0.2, -0.15) is 0 Å². The van der Waals surface area contributed by atoms with Crippen LogP contribution in [0.3, 0.4) is 0 Å². The van der Waals surface area contributed by atoms with Gasteiger partial charge in [-0.1, -0.05) is 17.7 Å². The summed E-state index contributed by atoms with van der Waals surface area (Å²) in [7, 11) is 2.60. The Kier molecular flexibility index (Phi) is 8.21. The van der Waals surface area contributed by atoms with E-state index < -0.39 is 29.6 Å². The number of phenols is 1. The maximum Gasteiger partial charge on any atom is 0.339 e. The summed E-state index contributed by atoms with van der Waals surface area (Å²) in [4.78, 5) is 50.5. The zero-order chi connectivity index (χ0) is 25.7. The molecule has 2 aromatic rings. The van der Waals surface area contributed by atoms with Crippen LogP contribution >= 0.6 is 23.4 Å². The summed E-state index contributed by atoms with van der Waals surface area (Å²) in [6, 6.07) is 7.40. The van der Waals surface area contributed by atoms with Gasteiger partial charge in [-0.15, -0.1) is 6.58 Å². The van der Waals surface area contributed by atoms with Crippen molar-refractivity contribution in [3.63, 3.8) is 0 Å². The summed E-state index contributed by atoms with van der Waals surface area (Å²) in [5.74, 6) is -1.79. The number of benzene rings is 2. The minimum absolute atomic E-state index is 0.0353. The summed E-state index contributed by atoms with van der Waals surface area (Å²) < 4.78 is 9.83. The number of methoxy groups -OCH3 is 2. The zero-order valence-electron chi connectivity index (χ0n) is 18.8. The Morgan fingerprint density at radius 2 is 1.97 bits per heavy atom. The highest BCUT2D eigenvalue weighted by molar-refractivity contribution is 8.18. The number of anilines is 1. The number of carbonyl (C=O) groups is 4. The number of aromatic hydroxyl groups is 1. The first-order valence-corrected chi connectivity index (χ1v) is 11.3. The van der Waals surface area contributed by atoms with E-state index in [9.17, 15) is 24.3 Å². The number of amides is 3. The molecule has 1 aliphatic rings. The molecule has 3 amide bonds. The summed E-state index contributed by atoms with van der Waals surface area (Å²) in [6.45, 7) is 3.12. The fraction of sp³-hybridized carbons (Fsp3) is 0.167. The molecule has 0 aromatic heterocycles. The average molecular weight is 517 g/mol. The van der Waals surface area contributed by atoms with Crippen molar-refractivity contribution >= 4 is 58.1 Å². The summed E-state index contributed by atoms with van der Waals surface area (Å²) in [6.07, 6.45) is 3.46. The van der Waals surface area contributed by atoms with Gasteiger partial charge in [-0.25, -0.2) is 4.79 Å². The van der Waals surface area contributed by atoms with Gasteiger partial charge in [0.25, 0.3) is 11.1 Å². The number of ether oxygens (including phenoxy) is 2. The maximum atomic E-state index is 12.8. The molecule has 9 nitrogen and oxygen atoms in total. The van der Waals surface area contributed by atoms with Crippen molar-refractivity contribution in [2.45, 2.75) is 6.42 Å². The number of carbonyl (C=O) groups excluding carboxylic acids is 4. The van der Waals surface area contributed by atoms with E-state index in [-0.39, 0.29) is 32.7 Å². The van der Waals surface area contributed by atoms with Crippen LogP contribution in [0.5, 0.6) is 11.5 Å². The number of hydrogen-bond acceptors (Lipinski definition) is 8. The van der Waals surface area contributed by atoms with Crippen LogP contribution < -0.4 is 10.1 Å². The number of nitrogens with one attached hydrogen (secondary N) is 1. The highest BCUT2D eigenvalue weighted by Crippen LogP contribution is 2.36. The normalized spacial score (nSPS) is 14.3. The van der Waals surface area contributed by atoms with Crippen LogP contribution in [0.25, 0.3) is 6.08 Å². The molecule has 1 saturated heterocycles. The molecule has 2 aromatic carbocycles. The Morgan fingerprint density at radius 1 is 1.23 bits per heavy atom. The molecule has 1 heterocycles. The van der Waals surface area contributed by atoms with Crippen molar-refractivity contribution in [3.05, 3.63) is 69.6 Å². The van der Waals surface area contributed by atoms with Gasteiger partial charge in [0, 0.05) is 11.3 Å². The summed E-state index contributed by atoms with van der Waals surface area (Å²) in [5, 5.41) is 12.3. The third kappa shape index (κ3) is 5.84. The van der Waals surface area contributed by atoms with Gasteiger partial charge in [0.05, 0.1) is 29.7 Å². The molecule has 0 saturated carbocycles. The SMILES string of the molecule is C=CCc1cc(/C=C2\SC(=O)N(CC(=O)Nc3ccc(Cl)c(C(=O)OC)c3)C2=O)cc(OC)c1O. The molecule has 35 heavy (non-hydrogen) atoms. The van der Waals surface area contributed by atoms with Gasteiger partial charge in [0.1, 0.15) is 6.54 Å². The Bertz CT molecular complexity index is 1260. The Hall–Kier alpha value is -3.76. The molecule has 0 spiro atoms. The molecule has 1 fully saturated rings. The lowest BCUT2D eigenvalue weighted by Gasteiger charge is -2.13. The van der Waals surface area contributed by atoms with Crippen molar-refractivity contribution in [1.82, 2.24) is 4.90 Å². The first-order chi connectivity index (χ1) is 16.7. The van der Waals surface area contributed by atoms with Gasteiger partial charge in [-0.05, 0) is 60.2 Å². The molecule has 11 heteroatoms. The molecule has 0 unspecified atom stereocenters. The third-order valence-corrected chi connectivity index (χ3v) is 6.13. The second-order valence-corrected chi connectivity index (χ2v) is 8.63. The van der Waals surface area contributed by atoms with Crippen LogP contribution in [-0.2, 0) is 20.7 Å². The van der Waals surface area contributed by atoms with Crippen LogP contribution in [0.4, 0.5) is 10.5 Å². The third-order valence-electron chi connectivity index (χ3n) is 4.89. The molecule has 0 atom stereocenters. The Labute approximate surface area is 210 Å². The van der Waals surface area contributed by atoms with Gasteiger partial charge in [0.15, 0.2) is 11.5 Å². The van der Waals surface area contributed by atoms with E-state index in [0.717, 1.165) is 4.90 Å². The van der Waals surface area contributed by atoms with Crippen molar-refractivity contribution < 1.29 is 33.8 Å². The highest BCUT2D eigenvalue weighted by Gasteiger charge is 2.36. The molecule has 2 N–H and O–H groups in total. The molecular weight excluding hydrogens is 496 g/mol. The van der Waals surface area contributed by atoms with Crippen LogP contribution in [0.15, 0.2) is 47.9 Å². The number of rotatable bonds is 8. The number of halogens is 1. The Balaban J connectivity index is 1.77. The van der Waals surface area contributed by atoms with Crippen LogP contribution in [-0.4, -0.2) is 53.8 Å². The van der Waals surface area contributed by atoms with Gasteiger partial charge in [-0.3, -0.25) is 19.3 Å². The number of thioether (sulfide) groups is 1. The highest BCUT2D eigenvalue weighted by atomic mass is 35.5. The molecule has 1 aliphatic heterocycles. The van der Waals surface area contributed by atoms with Crippen LogP contribution in [0.2, 0.25) is 5.02 Å². The molecule has 0 bridgehead atoms. The van der Waals surface area contributed by atoms with Crippen molar-refractivity contribution in [2.24, 2.45) is 0 Å². The van der Waals surface area contributed by atoms with E-state index in [4.69, 9.17) is 16.3 Å². The average Bonchev–Trinajstić information content (AvgIpc) is 3.09. The second kappa shape index (κ2) is 11.1. The lowest BCUT2D eigenvalue weighted by molar-refractivity contribution is -0.127. The first kappa shape index (κ1) is 25.9. The maximum absolute atomic E-state index is 12.8. The van der Waals surface area contributed by atoms with Gasteiger partial charge in [0.2, 0.25) is 5.91 Å². The van der Waals surface area contributed by atoms with E-state index in [1.807, 2.05) is 0 Å². The standard InChI is InChI=1S/C24H21ClN2O7S/c1-4-5-14-8-13(9-18(33-2)21(14)29)10-19-22(30)27(24(32)35-19)12-20(28)26-15-6-7-17(25)16(11-15)23(31)34-3/h4,6-11,29H,1,5,12H2,2-3H3,(H,26,28)/b19-10-. The predicted octanol–water partition coefficient (Wildman–Crippen LogP) is 4.24. The van der Waals surface area contributed by atoms with E-state index in [1.54, 1.807) is 12.1 Å². The van der Waals surface area contributed by atoms with Crippen molar-refractivity contribution in [3.8, 4) is 11.5 Å². The van der Waals surface area contributed by atoms with Crippen molar-refractivity contribution in [2.75, 3.05) is 26.1 Å². The first-order valence-electron chi connectivity index (χ1n) is 10.1. The largest absolute Gasteiger partial charge is 0.504 e. The summed E-state index contributed by atoms with van der Waals surface area (Å²) >= 11 is 6.66. The minimum atomic E-state index is -0.677. The molecule has 0 aliphatic carbocycles. The van der Waals surface area contributed by atoms with Gasteiger partial charge >= 0.3 is 5.97 Å². The predicted molar refractivity (Wildman–Crippen MR) is 133 cm³/mol. The van der Waals surface area contributed by atoms with E-state index in [0.29, 0.717) is 29.3 Å². The zero-order valence-corrected chi connectivity index (χ0v) is 20.4. The smallest absolute Gasteiger partial charge is 0.339 e. The quantitative estimate of drug-likeness (QED) is 0.303. The number of esters is 1. The number of allylic oxidation sites excluding steroid dienone is 1. The van der Waals surface area contributed by atoms with E-state index in [1.165, 1.54) is 44.6 Å². The number of phenolic OH excluding ortho intramolecular Hbond substituents is 1. The minimum Gasteiger partial charge on any atom is -0.504 e. The molecular formula is C24H21ClN2O7S. The fourth-order valence-corrected chi connectivity index (χ4v) is 4.27. The summed E-state index contributed by atoms with van der Waals surface area (Å²) in [5.41, 5.74) is 1.37. The number of imide groups is 1. The van der Waals surface area contributed by atoms with Crippen LogP contribution in [0.1, 0.15) is 21.5 Å².